The van der Waals surface area contributed by atoms with E-state index in [-0.39, 0.29) is 0 Å². The van der Waals surface area contributed by atoms with Gasteiger partial charge < -0.3 is 5.32 Å². The molecule has 1 aliphatic rings. The van der Waals surface area contributed by atoms with Crippen LogP contribution in [0.15, 0.2) is 30.5 Å². The Labute approximate surface area is 133 Å². The molecule has 0 spiro atoms. The van der Waals surface area contributed by atoms with Crippen LogP contribution in [-0.2, 0) is 13.0 Å². The molecule has 2 aromatic heterocycles. The van der Waals surface area contributed by atoms with Crippen molar-refractivity contribution in [2.75, 3.05) is 5.32 Å². The molecule has 0 bridgehead atoms. The molecule has 6 heteroatoms. The molecule has 112 valence electrons. The smallest absolute Gasteiger partial charge is 0.147 e. The Hall–Kier alpha value is -2.14. The average Bonchev–Trinajstić information content (AvgIpc) is 2.86. The van der Waals surface area contributed by atoms with Gasteiger partial charge in [0.2, 0.25) is 0 Å². The van der Waals surface area contributed by atoms with Crippen molar-refractivity contribution in [2.45, 2.75) is 32.4 Å². The van der Waals surface area contributed by atoms with Gasteiger partial charge in [-0.05, 0) is 37.6 Å². The third-order valence-electron chi connectivity index (χ3n) is 4.03. The Morgan fingerprint density at radius 1 is 1.32 bits per heavy atom. The number of nitrogens with one attached hydrogen (secondary N) is 1. The van der Waals surface area contributed by atoms with Crippen molar-refractivity contribution in [3.63, 3.8) is 0 Å². The van der Waals surface area contributed by atoms with Crippen LogP contribution >= 0.6 is 11.6 Å². The maximum absolute atomic E-state index is 6.04. The highest BCUT2D eigenvalue weighted by Gasteiger charge is 2.21. The molecular weight excluding hydrogens is 298 g/mol. The minimum atomic E-state index is 0.342. The average molecular weight is 314 g/mol. The normalized spacial score (nSPS) is 17.5. The first kappa shape index (κ1) is 13.5. The molecular formula is C16H16ClN5. The van der Waals surface area contributed by atoms with Crippen molar-refractivity contribution < 1.29 is 0 Å². The van der Waals surface area contributed by atoms with Crippen molar-refractivity contribution in [3.05, 3.63) is 47.1 Å². The number of fused-ring (bicyclic) bond motifs is 2. The summed E-state index contributed by atoms with van der Waals surface area (Å²) in [7, 11) is 0. The summed E-state index contributed by atoms with van der Waals surface area (Å²) in [6.07, 6.45) is 3.82. The quantitative estimate of drug-likeness (QED) is 0.789. The predicted molar refractivity (Wildman–Crippen MR) is 87.2 cm³/mol. The summed E-state index contributed by atoms with van der Waals surface area (Å²) < 4.78 is 2.01. The Kier molecular flexibility index (Phi) is 3.22. The molecule has 0 radical (unpaired) electrons. The summed E-state index contributed by atoms with van der Waals surface area (Å²) in [6.45, 7) is 2.78. The first-order valence-electron chi connectivity index (χ1n) is 7.40. The topological polar surface area (TPSA) is 55.6 Å². The lowest BCUT2D eigenvalue weighted by molar-refractivity contribution is 0.441. The lowest BCUT2D eigenvalue weighted by Gasteiger charge is -2.25. The lowest BCUT2D eigenvalue weighted by atomic mass is 10.1. The van der Waals surface area contributed by atoms with Crippen LogP contribution in [-0.4, -0.2) is 25.8 Å². The first-order chi connectivity index (χ1) is 10.7. The summed E-state index contributed by atoms with van der Waals surface area (Å²) in [5.74, 6) is 1.93. The molecule has 5 nitrogen and oxygen atoms in total. The molecule has 3 aromatic rings. The number of hydrogen-bond donors (Lipinski definition) is 1. The highest BCUT2D eigenvalue weighted by Crippen LogP contribution is 2.26. The molecule has 4 rings (SSSR count). The third-order valence-corrected chi connectivity index (χ3v) is 4.26. The van der Waals surface area contributed by atoms with Gasteiger partial charge in [0.25, 0.3) is 0 Å². The summed E-state index contributed by atoms with van der Waals surface area (Å²) in [6, 6.07) is 8.16. The van der Waals surface area contributed by atoms with Crippen LogP contribution < -0.4 is 5.32 Å². The number of pyridine rings is 1. The second kappa shape index (κ2) is 5.25. The summed E-state index contributed by atoms with van der Waals surface area (Å²) in [5, 5.41) is 9.87. The Bertz CT molecular complexity index is 842. The number of hydrogen-bond acceptors (Lipinski definition) is 4. The highest BCUT2D eigenvalue weighted by molar-refractivity contribution is 6.31. The van der Waals surface area contributed by atoms with E-state index >= 15 is 0 Å². The van der Waals surface area contributed by atoms with Crippen molar-refractivity contribution in [2.24, 2.45) is 0 Å². The van der Waals surface area contributed by atoms with Gasteiger partial charge in [-0.1, -0.05) is 11.6 Å². The minimum absolute atomic E-state index is 0.342. The zero-order valence-corrected chi connectivity index (χ0v) is 13.0. The van der Waals surface area contributed by atoms with Crippen LogP contribution in [0.5, 0.6) is 0 Å². The summed E-state index contributed by atoms with van der Waals surface area (Å²) >= 11 is 6.04. The highest BCUT2D eigenvalue weighted by atomic mass is 35.5. The number of nitrogens with zero attached hydrogens (tertiary/aromatic N) is 4. The maximum Gasteiger partial charge on any atom is 0.147 e. The first-order valence-corrected chi connectivity index (χ1v) is 7.78. The van der Waals surface area contributed by atoms with Crippen LogP contribution in [0.25, 0.3) is 10.9 Å². The van der Waals surface area contributed by atoms with E-state index in [2.05, 4.69) is 20.4 Å². The molecule has 0 aliphatic carbocycles. The number of aryl methyl sites for hydroxylation is 2. The molecule has 0 saturated carbocycles. The molecule has 0 unspecified atom stereocenters. The fourth-order valence-corrected chi connectivity index (χ4v) is 3.18. The van der Waals surface area contributed by atoms with Gasteiger partial charge in [-0.25, -0.2) is 9.67 Å². The second-order valence-electron chi connectivity index (χ2n) is 5.66. The van der Waals surface area contributed by atoms with E-state index in [0.29, 0.717) is 11.1 Å². The minimum Gasteiger partial charge on any atom is -0.380 e. The van der Waals surface area contributed by atoms with Gasteiger partial charge in [0.1, 0.15) is 11.6 Å². The van der Waals surface area contributed by atoms with Crippen molar-refractivity contribution in [3.8, 4) is 0 Å². The number of rotatable bonds is 2. The predicted octanol–water partition coefficient (Wildman–Crippen LogP) is 3.22. The molecule has 3 heterocycles. The van der Waals surface area contributed by atoms with Crippen LogP contribution in [0.4, 0.5) is 5.69 Å². The molecule has 1 N–H and O–H groups in total. The van der Waals surface area contributed by atoms with Crippen molar-refractivity contribution in [1.29, 1.82) is 0 Å². The number of aromatic nitrogens is 4. The molecule has 0 amide bonds. The molecule has 1 atom stereocenters. The number of benzene rings is 1. The SMILES string of the molecule is Cc1nc2n(n1)C[C@H](Nc1ccnc3cc(Cl)ccc13)CC2. The van der Waals surface area contributed by atoms with Crippen LogP contribution in [0, 0.1) is 6.92 Å². The Morgan fingerprint density at radius 3 is 3.14 bits per heavy atom. The number of halogens is 1. The monoisotopic (exact) mass is 313 g/mol. The molecule has 1 aliphatic heterocycles. The number of anilines is 1. The van der Waals surface area contributed by atoms with E-state index in [4.69, 9.17) is 11.6 Å². The summed E-state index contributed by atoms with van der Waals surface area (Å²) in [5.41, 5.74) is 2.00. The maximum atomic E-state index is 6.04. The lowest BCUT2D eigenvalue weighted by Crippen LogP contribution is -2.32. The van der Waals surface area contributed by atoms with Crippen LogP contribution in [0.2, 0.25) is 5.02 Å². The fourth-order valence-electron chi connectivity index (χ4n) is 3.02. The standard InChI is InChI=1S/C16H16ClN5/c1-10-19-16-5-3-12(9-22(16)21-10)20-14-6-7-18-15-8-11(17)2-4-13(14)15/h2,4,6-8,12H,3,5,9H2,1H3,(H,18,20)/t12-/m1/s1. The van der Waals surface area contributed by atoms with Gasteiger partial charge in [0, 0.05) is 34.8 Å². The summed E-state index contributed by atoms with van der Waals surface area (Å²) in [4.78, 5) is 8.83. The van der Waals surface area contributed by atoms with Gasteiger partial charge in [0.15, 0.2) is 0 Å². The molecule has 0 fully saturated rings. The van der Waals surface area contributed by atoms with Gasteiger partial charge in [0.05, 0.1) is 12.1 Å². The van der Waals surface area contributed by atoms with Crippen LogP contribution in [0.3, 0.4) is 0 Å². The van der Waals surface area contributed by atoms with E-state index in [1.807, 2.05) is 42.1 Å². The van der Waals surface area contributed by atoms with E-state index in [1.165, 1.54) is 0 Å². The van der Waals surface area contributed by atoms with E-state index in [9.17, 15) is 0 Å². The van der Waals surface area contributed by atoms with E-state index < -0.39 is 0 Å². The largest absolute Gasteiger partial charge is 0.380 e. The second-order valence-corrected chi connectivity index (χ2v) is 6.09. The van der Waals surface area contributed by atoms with Gasteiger partial charge in [-0.15, -0.1) is 0 Å². The molecule has 1 aromatic carbocycles. The van der Waals surface area contributed by atoms with E-state index in [0.717, 1.165) is 47.6 Å². The van der Waals surface area contributed by atoms with Gasteiger partial charge >= 0.3 is 0 Å². The van der Waals surface area contributed by atoms with E-state index in [1.54, 1.807) is 0 Å². The third kappa shape index (κ3) is 2.41. The van der Waals surface area contributed by atoms with Crippen molar-refractivity contribution in [1.82, 2.24) is 19.7 Å². The van der Waals surface area contributed by atoms with Gasteiger partial charge in [-0.2, -0.15) is 5.10 Å². The molecule has 22 heavy (non-hydrogen) atoms. The Morgan fingerprint density at radius 2 is 2.23 bits per heavy atom. The Balaban J connectivity index is 1.62. The zero-order chi connectivity index (χ0) is 15.1. The van der Waals surface area contributed by atoms with Crippen molar-refractivity contribution >= 4 is 28.2 Å². The fraction of sp³-hybridized carbons (Fsp3) is 0.312. The zero-order valence-electron chi connectivity index (χ0n) is 12.3. The van der Waals surface area contributed by atoms with Gasteiger partial charge in [-0.3, -0.25) is 4.98 Å². The molecule has 0 saturated heterocycles. The van der Waals surface area contributed by atoms with Crippen LogP contribution in [0.1, 0.15) is 18.1 Å².